The summed E-state index contributed by atoms with van der Waals surface area (Å²) in [5.74, 6) is 0.680. The first-order valence-electron chi connectivity index (χ1n) is 6.06. The lowest BCUT2D eigenvalue weighted by Gasteiger charge is -2.11. The van der Waals surface area contributed by atoms with Gasteiger partial charge in [-0.05, 0) is 31.2 Å². The molecule has 3 aromatic rings. The average molecular weight is 277 g/mol. The maximum absolute atomic E-state index is 8.99. The van der Waals surface area contributed by atoms with E-state index in [-0.39, 0.29) is 12.7 Å². The van der Waals surface area contributed by atoms with E-state index in [1.54, 1.807) is 6.07 Å². The van der Waals surface area contributed by atoms with E-state index in [0.29, 0.717) is 10.8 Å². The van der Waals surface area contributed by atoms with Crippen molar-refractivity contribution >= 4 is 33.5 Å². The Balaban J connectivity index is 2.10. The second-order valence-electron chi connectivity index (χ2n) is 4.51. The topological polar surface area (TPSA) is 42.6 Å². The number of hydrogen-bond donors (Lipinski definition) is 1. The zero-order chi connectivity index (χ0) is 13.4. The van der Waals surface area contributed by atoms with E-state index in [0.717, 1.165) is 21.9 Å². The van der Waals surface area contributed by atoms with Crippen LogP contribution in [0.25, 0.3) is 21.9 Å². The highest BCUT2D eigenvalue weighted by Crippen LogP contribution is 2.32. The van der Waals surface area contributed by atoms with Crippen LogP contribution in [0.4, 0.5) is 0 Å². The van der Waals surface area contributed by atoms with Gasteiger partial charge in [-0.2, -0.15) is 0 Å². The fraction of sp³-hybridized carbons (Fsp3) is 0.200. The van der Waals surface area contributed by atoms with Crippen LogP contribution in [0.1, 0.15) is 6.92 Å². The van der Waals surface area contributed by atoms with Crippen molar-refractivity contribution in [1.82, 2.24) is 0 Å². The van der Waals surface area contributed by atoms with E-state index in [1.165, 1.54) is 0 Å². The number of rotatable bonds is 3. The molecule has 19 heavy (non-hydrogen) atoms. The summed E-state index contributed by atoms with van der Waals surface area (Å²) >= 11 is 5.95. The highest BCUT2D eigenvalue weighted by atomic mass is 35.5. The van der Waals surface area contributed by atoms with Crippen LogP contribution >= 0.6 is 11.6 Å². The molecule has 0 radical (unpaired) electrons. The molecule has 4 heteroatoms. The summed E-state index contributed by atoms with van der Waals surface area (Å²) in [6, 6.07) is 11.2. The third-order valence-corrected chi connectivity index (χ3v) is 3.24. The molecule has 0 aliphatic carbocycles. The Kier molecular flexibility index (Phi) is 3.09. The summed E-state index contributed by atoms with van der Waals surface area (Å²) < 4.78 is 11.3. The zero-order valence-electron chi connectivity index (χ0n) is 10.4. The summed E-state index contributed by atoms with van der Waals surface area (Å²) in [7, 11) is 0. The number of ether oxygens (including phenoxy) is 1. The second-order valence-corrected chi connectivity index (χ2v) is 4.95. The van der Waals surface area contributed by atoms with Crippen LogP contribution in [0, 0.1) is 0 Å². The molecule has 0 fully saturated rings. The molecular formula is C15H13ClO3. The van der Waals surface area contributed by atoms with Gasteiger partial charge in [0.15, 0.2) is 0 Å². The maximum atomic E-state index is 8.99. The number of aliphatic hydroxyl groups excluding tert-OH is 1. The fourth-order valence-corrected chi connectivity index (χ4v) is 2.24. The summed E-state index contributed by atoms with van der Waals surface area (Å²) in [5.41, 5.74) is 1.51. The van der Waals surface area contributed by atoms with Gasteiger partial charge in [-0.25, -0.2) is 0 Å². The van der Waals surface area contributed by atoms with Crippen molar-refractivity contribution in [3.05, 3.63) is 41.4 Å². The largest absolute Gasteiger partial charge is 0.488 e. The number of furan rings is 1. The van der Waals surface area contributed by atoms with Crippen molar-refractivity contribution < 1.29 is 14.3 Å². The molecule has 1 aromatic heterocycles. The van der Waals surface area contributed by atoms with Crippen molar-refractivity contribution in [3.8, 4) is 5.75 Å². The van der Waals surface area contributed by atoms with Crippen LogP contribution < -0.4 is 4.74 Å². The van der Waals surface area contributed by atoms with Crippen molar-refractivity contribution in [2.45, 2.75) is 13.0 Å². The Hall–Kier alpha value is -1.71. The Morgan fingerprint density at radius 2 is 1.84 bits per heavy atom. The van der Waals surface area contributed by atoms with E-state index < -0.39 is 0 Å². The third kappa shape index (κ3) is 2.27. The highest BCUT2D eigenvalue weighted by Gasteiger charge is 2.09. The first kappa shape index (κ1) is 12.3. The number of halogens is 1. The standard InChI is InChI=1S/C15H13ClO3/c1-9(8-17)18-11-3-5-13-12-4-2-10(16)6-14(12)19-15(13)7-11/h2-7,9,17H,8H2,1H3. The first-order chi connectivity index (χ1) is 9.17. The molecule has 0 amide bonds. The molecule has 1 N–H and O–H groups in total. The lowest BCUT2D eigenvalue weighted by atomic mass is 10.1. The molecular weight excluding hydrogens is 264 g/mol. The van der Waals surface area contributed by atoms with Gasteiger partial charge in [0, 0.05) is 27.9 Å². The smallest absolute Gasteiger partial charge is 0.139 e. The van der Waals surface area contributed by atoms with Gasteiger partial charge in [0.1, 0.15) is 23.0 Å². The van der Waals surface area contributed by atoms with Gasteiger partial charge in [0.05, 0.1) is 6.61 Å². The average Bonchev–Trinajstić information content (AvgIpc) is 2.74. The molecule has 1 heterocycles. The molecule has 0 spiro atoms. The van der Waals surface area contributed by atoms with Gasteiger partial charge in [-0.15, -0.1) is 0 Å². The van der Waals surface area contributed by atoms with E-state index in [9.17, 15) is 0 Å². The van der Waals surface area contributed by atoms with E-state index in [4.69, 9.17) is 25.9 Å². The van der Waals surface area contributed by atoms with Gasteiger partial charge >= 0.3 is 0 Å². The molecule has 0 aliphatic heterocycles. The zero-order valence-corrected chi connectivity index (χ0v) is 11.1. The predicted molar refractivity (Wildman–Crippen MR) is 75.9 cm³/mol. The fourth-order valence-electron chi connectivity index (χ4n) is 2.07. The molecule has 0 aliphatic rings. The molecule has 0 saturated carbocycles. The Bertz CT molecular complexity index is 733. The number of aliphatic hydroxyl groups is 1. The van der Waals surface area contributed by atoms with Crippen molar-refractivity contribution in [1.29, 1.82) is 0 Å². The van der Waals surface area contributed by atoms with Crippen LogP contribution in [0.5, 0.6) is 5.75 Å². The molecule has 1 unspecified atom stereocenters. The van der Waals surface area contributed by atoms with Crippen LogP contribution in [0.3, 0.4) is 0 Å². The van der Waals surface area contributed by atoms with Crippen molar-refractivity contribution in [2.24, 2.45) is 0 Å². The summed E-state index contributed by atoms with van der Waals surface area (Å²) in [4.78, 5) is 0. The van der Waals surface area contributed by atoms with Gasteiger partial charge in [-0.1, -0.05) is 11.6 Å². The molecule has 98 valence electrons. The molecule has 3 nitrogen and oxygen atoms in total. The summed E-state index contributed by atoms with van der Waals surface area (Å²) in [5, 5.41) is 11.7. The van der Waals surface area contributed by atoms with Gasteiger partial charge in [0.25, 0.3) is 0 Å². The Morgan fingerprint density at radius 3 is 2.58 bits per heavy atom. The van der Waals surface area contributed by atoms with Crippen LogP contribution in [0.15, 0.2) is 40.8 Å². The lowest BCUT2D eigenvalue weighted by Crippen LogP contribution is -2.15. The Morgan fingerprint density at radius 1 is 1.16 bits per heavy atom. The quantitative estimate of drug-likeness (QED) is 0.786. The van der Waals surface area contributed by atoms with Gasteiger partial charge in [0.2, 0.25) is 0 Å². The number of fused-ring (bicyclic) bond motifs is 3. The minimum atomic E-state index is -0.240. The molecule has 0 bridgehead atoms. The van der Waals surface area contributed by atoms with E-state index in [2.05, 4.69) is 0 Å². The number of hydrogen-bond acceptors (Lipinski definition) is 3. The lowest BCUT2D eigenvalue weighted by molar-refractivity contribution is 0.130. The molecule has 2 aromatic carbocycles. The van der Waals surface area contributed by atoms with Crippen LogP contribution in [-0.4, -0.2) is 17.8 Å². The maximum Gasteiger partial charge on any atom is 0.139 e. The number of benzene rings is 2. The van der Waals surface area contributed by atoms with Gasteiger partial charge in [-0.3, -0.25) is 0 Å². The molecule has 0 saturated heterocycles. The minimum absolute atomic E-state index is 0.0201. The third-order valence-electron chi connectivity index (χ3n) is 3.00. The monoisotopic (exact) mass is 276 g/mol. The molecule has 1 atom stereocenters. The highest BCUT2D eigenvalue weighted by molar-refractivity contribution is 6.31. The van der Waals surface area contributed by atoms with E-state index >= 15 is 0 Å². The minimum Gasteiger partial charge on any atom is -0.488 e. The second kappa shape index (κ2) is 4.76. The predicted octanol–water partition coefficient (Wildman–Crippen LogP) is 4.00. The summed E-state index contributed by atoms with van der Waals surface area (Å²) in [6.45, 7) is 1.79. The van der Waals surface area contributed by atoms with Crippen LogP contribution in [0.2, 0.25) is 5.02 Å². The molecule has 3 rings (SSSR count). The van der Waals surface area contributed by atoms with E-state index in [1.807, 2.05) is 37.3 Å². The normalized spacial score (nSPS) is 13.0. The Labute approximate surface area is 115 Å². The SMILES string of the molecule is CC(CO)Oc1ccc2c(c1)oc1cc(Cl)ccc12. The van der Waals surface area contributed by atoms with Crippen LogP contribution in [-0.2, 0) is 0 Å². The first-order valence-corrected chi connectivity index (χ1v) is 6.44. The van der Waals surface area contributed by atoms with Crippen molar-refractivity contribution in [2.75, 3.05) is 6.61 Å². The summed E-state index contributed by atoms with van der Waals surface area (Å²) in [6.07, 6.45) is -0.240. The van der Waals surface area contributed by atoms with Gasteiger partial charge < -0.3 is 14.3 Å². The van der Waals surface area contributed by atoms with Crippen molar-refractivity contribution in [3.63, 3.8) is 0 Å².